The van der Waals surface area contributed by atoms with E-state index >= 15 is 0 Å². The summed E-state index contributed by atoms with van der Waals surface area (Å²) in [5, 5.41) is 10.6. The SMILES string of the molecule is CCNC(C)CC(=O)c1cnnn1C. The molecule has 1 atom stereocenters. The molecule has 1 unspecified atom stereocenters. The maximum atomic E-state index is 11.7. The standard InChI is InChI=1S/C9H16N4O/c1-4-10-7(2)5-9(14)8-6-11-12-13(8)3/h6-7,10H,4-5H2,1-3H3. The summed E-state index contributed by atoms with van der Waals surface area (Å²) in [7, 11) is 1.72. The van der Waals surface area contributed by atoms with E-state index in [1.807, 2.05) is 13.8 Å². The molecular formula is C9H16N4O. The molecule has 1 rings (SSSR count). The molecule has 1 aromatic rings. The highest BCUT2D eigenvalue weighted by atomic mass is 16.1. The number of Topliss-reactive ketones (excluding diaryl/α,β-unsaturated/α-hetero) is 1. The maximum Gasteiger partial charge on any atom is 0.184 e. The molecule has 0 aliphatic carbocycles. The zero-order chi connectivity index (χ0) is 10.6. The zero-order valence-electron chi connectivity index (χ0n) is 8.82. The second kappa shape index (κ2) is 4.85. The number of rotatable bonds is 5. The molecule has 14 heavy (non-hydrogen) atoms. The van der Waals surface area contributed by atoms with Crippen LogP contribution in [0.4, 0.5) is 0 Å². The second-order valence-electron chi connectivity index (χ2n) is 3.33. The number of ketones is 1. The molecule has 0 bridgehead atoms. The minimum atomic E-state index is 0.0750. The molecule has 0 aromatic carbocycles. The van der Waals surface area contributed by atoms with Gasteiger partial charge in [-0.3, -0.25) is 4.79 Å². The van der Waals surface area contributed by atoms with Crippen molar-refractivity contribution >= 4 is 5.78 Å². The number of carbonyl (C=O) groups excluding carboxylic acids is 1. The average Bonchev–Trinajstić information content (AvgIpc) is 2.51. The van der Waals surface area contributed by atoms with Gasteiger partial charge in [0.25, 0.3) is 0 Å². The van der Waals surface area contributed by atoms with E-state index in [0.717, 1.165) is 6.54 Å². The van der Waals surface area contributed by atoms with E-state index in [4.69, 9.17) is 0 Å². The van der Waals surface area contributed by atoms with Crippen molar-refractivity contribution in [3.63, 3.8) is 0 Å². The fourth-order valence-electron chi connectivity index (χ4n) is 1.35. The third-order valence-corrected chi connectivity index (χ3v) is 2.04. The number of hydrogen-bond acceptors (Lipinski definition) is 4. The molecule has 5 nitrogen and oxygen atoms in total. The Morgan fingerprint density at radius 2 is 2.43 bits per heavy atom. The quantitative estimate of drug-likeness (QED) is 0.692. The summed E-state index contributed by atoms with van der Waals surface area (Å²) >= 11 is 0. The van der Waals surface area contributed by atoms with Gasteiger partial charge < -0.3 is 5.32 Å². The fourth-order valence-corrected chi connectivity index (χ4v) is 1.35. The largest absolute Gasteiger partial charge is 0.314 e. The molecule has 0 spiro atoms. The molecule has 1 heterocycles. The monoisotopic (exact) mass is 196 g/mol. The number of nitrogens with zero attached hydrogens (tertiary/aromatic N) is 3. The van der Waals surface area contributed by atoms with Crippen LogP contribution in [0.2, 0.25) is 0 Å². The first-order valence-corrected chi connectivity index (χ1v) is 4.76. The Balaban J connectivity index is 2.55. The van der Waals surface area contributed by atoms with Gasteiger partial charge in [-0.25, -0.2) is 4.68 Å². The van der Waals surface area contributed by atoms with Crippen LogP contribution in [0.5, 0.6) is 0 Å². The molecule has 0 aliphatic heterocycles. The molecule has 0 fully saturated rings. The number of aryl methyl sites for hydroxylation is 1. The molecule has 0 saturated carbocycles. The highest BCUT2D eigenvalue weighted by Crippen LogP contribution is 2.02. The summed E-state index contributed by atoms with van der Waals surface area (Å²) in [6.07, 6.45) is 1.98. The first kappa shape index (κ1) is 10.8. The summed E-state index contributed by atoms with van der Waals surface area (Å²) < 4.78 is 1.50. The third-order valence-electron chi connectivity index (χ3n) is 2.04. The summed E-state index contributed by atoms with van der Waals surface area (Å²) in [5.41, 5.74) is 0.565. The summed E-state index contributed by atoms with van der Waals surface area (Å²) in [6.45, 7) is 4.88. The molecule has 0 amide bonds. The second-order valence-corrected chi connectivity index (χ2v) is 3.33. The van der Waals surface area contributed by atoms with E-state index < -0.39 is 0 Å². The van der Waals surface area contributed by atoms with Gasteiger partial charge in [0.05, 0.1) is 6.20 Å². The summed E-state index contributed by atoms with van der Waals surface area (Å²) in [6, 6.07) is 0.197. The lowest BCUT2D eigenvalue weighted by atomic mass is 10.1. The van der Waals surface area contributed by atoms with Crippen molar-refractivity contribution in [2.24, 2.45) is 7.05 Å². The molecule has 0 saturated heterocycles. The van der Waals surface area contributed by atoms with Crippen LogP contribution in [-0.2, 0) is 7.05 Å². The van der Waals surface area contributed by atoms with E-state index in [1.165, 1.54) is 10.9 Å². The van der Waals surface area contributed by atoms with Gasteiger partial charge in [-0.1, -0.05) is 12.1 Å². The average molecular weight is 196 g/mol. The van der Waals surface area contributed by atoms with Crippen LogP contribution >= 0.6 is 0 Å². The molecule has 0 aliphatic rings. The van der Waals surface area contributed by atoms with E-state index in [1.54, 1.807) is 7.05 Å². The van der Waals surface area contributed by atoms with Crippen LogP contribution in [0, 0.1) is 0 Å². The number of aromatic nitrogens is 3. The van der Waals surface area contributed by atoms with Crippen LogP contribution in [0.25, 0.3) is 0 Å². The molecule has 78 valence electrons. The first-order valence-electron chi connectivity index (χ1n) is 4.76. The highest BCUT2D eigenvalue weighted by Gasteiger charge is 2.13. The van der Waals surface area contributed by atoms with Gasteiger partial charge in [0, 0.05) is 19.5 Å². The van der Waals surface area contributed by atoms with Crippen molar-refractivity contribution in [1.82, 2.24) is 20.3 Å². The van der Waals surface area contributed by atoms with E-state index in [9.17, 15) is 4.79 Å². The van der Waals surface area contributed by atoms with Crippen LogP contribution in [0.1, 0.15) is 30.8 Å². The molecular weight excluding hydrogens is 180 g/mol. The van der Waals surface area contributed by atoms with Gasteiger partial charge in [-0.15, -0.1) is 5.10 Å². The normalized spacial score (nSPS) is 12.8. The van der Waals surface area contributed by atoms with Gasteiger partial charge in [-0.05, 0) is 13.5 Å². The van der Waals surface area contributed by atoms with Crippen LogP contribution < -0.4 is 5.32 Å². The minimum Gasteiger partial charge on any atom is -0.314 e. The fraction of sp³-hybridized carbons (Fsp3) is 0.667. The predicted molar refractivity (Wildman–Crippen MR) is 53.1 cm³/mol. The summed E-state index contributed by atoms with van der Waals surface area (Å²) in [4.78, 5) is 11.7. The highest BCUT2D eigenvalue weighted by molar-refractivity contribution is 5.94. The Bertz CT molecular complexity index is 308. The van der Waals surface area contributed by atoms with Crippen molar-refractivity contribution in [1.29, 1.82) is 0 Å². The minimum absolute atomic E-state index is 0.0750. The van der Waals surface area contributed by atoms with Crippen molar-refractivity contribution in [2.45, 2.75) is 26.3 Å². The summed E-state index contributed by atoms with van der Waals surface area (Å²) in [5.74, 6) is 0.0750. The third kappa shape index (κ3) is 2.63. The Labute approximate surface area is 83.5 Å². The van der Waals surface area contributed by atoms with Gasteiger partial charge in [0.15, 0.2) is 5.78 Å². The van der Waals surface area contributed by atoms with Crippen molar-refractivity contribution in [3.05, 3.63) is 11.9 Å². The van der Waals surface area contributed by atoms with Gasteiger partial charge >= 0.3 is 0 Å². The van der Waals surface area contributed by atoms with E-state index in [-0.39, 0.29) is 11.8 Å². The lowest BCUT2D eigenvalue weighted by Gasteiger charge is -2.10. The van der Waals surface area contributed by atoms with Crippen molar-refractivity contribution in [3.8, 4) is 0 Å². The molecule has 1 N–H and O–H groups in total. The van der Waals surface area contributed by atoms with E-state index in [2.05, 4.69) is 15.6 Å². The first-order chi connectivity index (χ1) is 6.65. The van der Waals surface area contributed by atoms with Crippen LogP contribution in [0.3, 0.4) is 0 Å². The van der Waals surface area contributed by atoms with Gasteiger partial charge in [-0.2, -0.15) is 0 Å². The van der Waals surface area contributed by atoms with E-state index in [0.29, 0.717) is 12.1 Å². The van der Waals surface area contributed by atoms with Gasteiger partial charge in [0.2, 0.25) is 0 Å². The molecule has 0 radical (unpaired) electrons. The van der Waals surface area contributed by atoms with Gasteiger partial charge in [0.1, 0.15) is 5.69 Å². The van der Waals surface area contributed by atoms with Crippen molar-refractivity contribution < 1.29 is 4.79 Å². The lowest BCUT2D eigenvalue weighted by molar-refractivity contribution is 0.0962. The Morgan fingerprint density at radius 3 is 2.93 bits per heavy atom. The number of nitrogens with one attached hydrogen (secondary N) is 1. The predicted octanol–water partition coefficient (Wildman–Crippen LogP) is 0.386. The molecule has 1 aromatic heterocycles. The van der Waals surface area contributed by atoms with Crippen molar-refractivity contribution in [2.75, 3.05) is 6.54 Å². The lowest BCUT2D eigenvalue weighted by Crippen LogP contribution is -2.28. The zero-order valence-corrected chi connectivity index (χ0v) is 8.82. The topological polar surface area (TPSA) is 59.8 Å². The maximum absolute atomic E-state index is 11.7. The Hall–Kier alpha value is -1.23. The Kier molecular flexibility index (Phi) is 3.76. The Morgan fingerprint density at radius 1 is 1.71 bits per heavy atom. The smallest absolute Gasteiger partial charge is 0.184 e. The van der Waals surface area contributed by atoms with Crippen LogP contribution in [-0.4, -0.2) is 33.4 Å². The number of hydrogen-bond donors (Lipinski definition) is 1. The molecule has 5 heteroatoms. The number of carbonyl (C=O) groups is 1. The van der Waals surface area contributed by atoms with Crippen LogP contribution in [0.15, 0.2) is 6.20 Å².